The highest BCUT2D eigenvalue weighted by atomic mass is 15.1. The summed E-state index contributed by atoms with van der Waals surface area (Å²) >= 11 is 0. The molecule has 2 aromatic rings. The van der Waals surface area contributed by atoms with Crippen LogP contribution in [-0.2, 0) is 0 Å². The Hall–Kier alpha value is -3.28. The number of benzene rings is 1. The summed E-state index contributed by atoms with van der Waals surface area (Å²) in [5.41, 5.74) is 16.6. The highest BCUT2D eigenvalue weighted by Gasteiger charge is 2.11. The molecule has 0 atom stereocenters. The molecule has 6 heteroatoms. The Balaban J connectivity index is 1.87. The maximum Gasteiger partial charge on any atom is 0.123 e. The summed E-state index contributed by atoms with van der Waals surface area (Å²) in [4.78, 5) is 4.54. The summed E-state index contributed by atoms with van der Waals surface area (Å²) in [6, 6.07) is 3.74. The van der Waals surface area contributed by atoms with Crippen LogP contribution in [0.15, 0.2) is 71.3 Å². The van der Waals surface area contributed by atoms with Gasteiger partial charge in [0.25, 0.3) is 0 Å². The van der Waals surface area contributed by atoms with E-state index in [2.05, 4.69) is 27.1 Å². The lowest BCUT2D eigenvalue weighted by atomic mass is 9.99. The number of fused-ring (bicyclic) bond motifs is 1. The van der Waals surface area contributed by atoms with Crippen LogP contribution in [0.25, 0.3) is 10.9 Å². The number of nitrogens with zero attached hydrogens (tertiary/aromatic N) is 2. The van der Waals surface area contributed by atoms with E-state index in [0.29, 0.717) is 11.5 Å². The first-order valence-corrected chi connectivity index (χ1v) is 7.13. The van der Waals surface area contributed by atoms with Gasteiger partial charge in [-0.2, -0.15) is 5.10 Å². The zero-order valence-corrected chi connectivity index (χ0v) is 12.8. The van der Waals surface area contributed by atoms with Gasteiger partial charge in [-0.25, -0.2) is 4.99 Å². The maximum absolute atomic E-state index is 6.02. The molecule has 6 N–H and O–H groups in total. The quantitative estimate of drug-likeness (QED) is 0.654. The number of nitrogens with one attached hydrogen (secondary N) is 2. The summed E-state index contributed by atoms with van der Waals surface area (Å²) in [5.74, 6) is 0.501. The Labute approximate surface area is 134 Å². The molecule has 116 valence electrons. The lowest BCUT2D eigenvalue weighted by molar-refractivity contribution is 1.12. The summed E-state index contributed by atoms with van der Waals surface area (Å²) in [7, 11) is 0. The van der Waals surface area contributed by atoms with E-state index in [1.807, 2.05) is 37.3 Å². The number of allylic oxidation sites excluding steroid dienone is 5. The van der Waals surface area contributed by atoms with Crippen LogP contribution in [0.4, 0.5) is 11.4 Å². The molecule has 6 nitrogen and oxygen atoms in total. The van der Waals surface area contributed by atoms with Crippen molar-refractivity contribution < 1.29 is 0 Å². The zero-order valence-electron chi connectivity index (χ0n) is 12.8. The van der Waals surface area contributed by atoms with Gasteiger partial charge < -0.3 is 16.8 Å². The van der Waals surface area contributed by atoms with Crippen LogP contribution >= 0.6 is 0 Å². The first-order valence-electron chi connectivity index (χ1n) is 7.13. The van der Waals surface area contributed by atoms with E-state index in [-0.39, 0.29) is 0 Å². The average Bonchev–Trinajstić information content (AvgIpc) is 2.98. The van der Waals surface area contributed by atoms with E-state index < -0.39 is 0 Å². The highest BCUT2D eigenvalue weighted by Crippen LogP contribution is 2.25. The molecule has 0 spiro atoms. The molecule has 1 aromatic carbocycles. The fourth-order valence-electron chi connectivity index (χ4n) is 2.45. The first-order chi connectivity index (χ1) is 11.1. The molecule has 0 saturated carbocycles. The van der Waals surface area contributed by atoms with Crippen molar-refractivity contribution in [2.24, 2.45) is 10.7 Å². The van der Waals surface area contributed by atoms with E-state index in [1.165, 1.54) is 6.20 Å². The zero-order chi connectivity index (χ0) is 16.4. The molecule has 0 aliphatic heterocycles. The second-order valence-corrected chi connectivity index (χ2v) is 5.26. The first kappa shape index (κ1) is 14.6. The fourth-order valence-corrected chi connectivity index (χ4v) is 2.45. The van der Waals surface area contributed by atoms with Crippen molar-refractivity contribution >= 4 is 28.0 Å². The summed E-state index contributed by atoms with van der Waals surface area (Å²) in [5, 5.41) is 10.9. The lowest BCUT2D eigenvalue weighted by Gasteiger charge is -2.13. The SMILES string of the molecule is C=C(/N=C1/C(C)=CC=C/C1=C/N)Nc1cc(N)c2cn[nH]c2c1. The van der Waals surface area contributed by atoms with E-state index in [1.54, 1.807) is 6.20 Å². The minimum absolute atomic E-state index is 0.501. The number of nitrogen functional groups attached to an aromatic ring is 1. The lowest BCUT2D eigenvalue weighted by Crippen LogP contribution is -2.10. The topological polar surface area (TPSA) is 105 Å². The van der Waals surface area contributed by atoms with Crippen LogP contribution in [0.1, 0.15) is 6.92 Å². The largest absolute Gasteiger partial charge is 0.404 e. The van der Waals surface area contributed by atoms with E-state index >= 15 is 0 Å². The van der Waals surface area contributed by atoms with Crippen LogP contribution in [0.3, 0.4) is 0 Å². The van der Waals surface area contributed by atoms with Gasteiger partial charge in [-0.3, -0.25) is 5.10 Å². The fraction of sp³-hybridized carbons (Fsp3) is 0.0588. The molecule has 0 saturated heterocycles. The Kier molecular flexibility index (Phi) is 3.72. The minimum atomic E-state index is 0.501. The van der Waals surface area contributed by atoms with Gasteiger partial charge in [0.1, 0.15) is 5.82 Å². The molecule has 0 fully saturated rings. The van der Waals surface area contributed by atoms with Crippen LogP contribution in [0.2, 0.25) is 0 Å². The predicted molar refractivity (Wildman–Crippen MR) is 95.9 cm³/mol. The molecule has 1 aromatic heterocycles. The van der Waals surface area contributed by atoms with Crippen molar-refractivity contribution in [1.82, 2.24) is 10.2 Å². The second-order valence-electron chi connectivity index (χ2n) is 5.26. The number of hydrogen-bond acceptors (Lipinski definition) is 5. The molecule has 1 aliphatic rings. The van der Waals surface area contributed by atoms with Crippen molar-refractivity contribution in [3.8, 4) is 0 Å². The van der Waals surface area contributed by atoms with Gasteiger partial charge in [0.2, 0.25) is 0 Å². The van der Waals surface area contributed by atoms with Gasteiger partial charge >= 0.3 is 0 Å². The van der Waals surface area contributed by atoms with Gasteiger partial charge in [-0.15, -0.1) is 0 Å². The Bertz CT molecular complexity index is 895. The number of nitrogens with two attached hydrogens (primary N) is 2. The maximum atomic E-state index is 6.02. The average molecular weight is 306 g/mol. The summed E-state index contributed by atoms with van der Waals surface area (Å²) in [6.07, 6.45) is 9.07. The van der Waals surface area contributed by atoms with Crippen LogP contribution in [-0.4, -0.2) is 15.9 Å². The minimum Gasteiger partial charge on any atom is -0.404 e. The van der Waals surface area contributed by atoms with Crippen molar-refractivity contribution in [1.29, 1.82) is 0 Å². The molecule has 3 rings (SSSR count). The van der Waals surface area contributed by atoms with E-state index in [0.717, 1.165) is 33.4 Å². The number of rotatable bonds is 3. The monoisotopic (exact) mass is 306 g/mol. The van der Waals surface area contributed by atoms with Crippen molar-refractivity contribution in [3.63, 3.8) is 0 Å². The van der Waals surface area contributed by atoms with E-state index in [4.69, 9.17) is 11.5 Å². The number of aromatic amines is 1. The molecule has 0 amide bonds. The van der Waals surface area contributed by atoms with E-state index in [9.17, 15) is 0 Å². The van der Waals surface area contributed by atoms with Crippen molar-refractivity contribution in [2.75, 3.05) is 11.1 Å². The summed E-state index contributed by atoms with van der Waals surface area (Å²) in [6.45, 7) is 5.94. The molecule has 1 heterocycles. The number of anilines is 2. The molecule has 1 aliphatic carbocycles. The number of aliphatic imine (C=N–C) groups is 1. The third kappa shape index (κ3) is 2.87. The van der Waals surface area contributed by atoms with Gasteiger partial charge in [0, 0.05) is 28.5 Å². The van der Waals surface area contributed by atoms with Gasteiger partial charge in [0.15, 0.2) is 0 Å². The second kappa shape index (κ2) is 5.84. The summed E-state index contributed by atoms with van der Waals surface area (Å²) < 4.78 is 0. The molecular weight excluding hydrogens is 288 g/mol. The van der Waals surface area contributed by atoms with Gasteiger partial charge in [-0.05, 0) is 24.6 Å². The molecule has 0 radical (unpaired) electrons. The Morgan fingerprint density at radius 2 is 2.26 bits per heavy atom. The number of hydrogen-bond donors (Lipinski definition) is 4. The Morgan fingerprint density at radius 3 is 3.04 bits per heavy atom. The predicted octanol–water partition coefficient (Wildman–Crippen LogP) is 2.83. The molecular formula is C17H18N6. The normalized spacial score (nSPS) is 17.7. The van der Waals surface area contributed by atoms with Gasteiger partial charge in [0.05, 0.1) is 17.4 Å². The Morgan fingerprint density at radius 1 is 1.43 bits per heavy atom. The molecule has 0 bridgehead atoms. The highest BCUT2D eigenvalue weighted by molar-refractivity contribution is 6.15. The van der Waals surface area contributed by atoms with Gasteiger partial charge in [-0.1, -0.05) is 24.8 Å². The molecule has 0 unspecified atom stereocenters. The third-order valence-electron chi connectivity index (χ3n) is 3.57. The smallest absolute Gasteiger partial charge is 0.123 e. The standard InChI is InChI=1S/C17H18N6/c1-10-4-3-5-12(8-18)17(10)22-11(2)21-13-6-15(19)14-9-20-23-16(14)7-13/h3-9,21H,2,18-19H2,1H3,(H,20,23)/b12-8-,22-17-. The number of H-pyrrole nitrogens is 1. The van der Waals surface area contributed by atoms with Crippen LogP contribution < -0.4 is 16.8 Å². The van der Waals surface area contributed by atoms with Crippen LogP contribution in [0, 0.1) is 0 Å². The number of aromatic nitrogens is 2. The van der Waals surface area contributed by atoms with Crippen molar-refractivity contribution in [3.05, 3.63) is 66.3 Å². The van der Waals surface area contributed by atoms with Crippen molar-refractivity contribution in [2.45, 2.75) is 6.92 Å². The third-order valence-corrected chi connectivity index (χ3v) is 3.57. The molecule has 23 heavy (non-hydrogen) atoms. The van der Waals surface area contributed by atoms with Crippen LogP contribution in [0.5, 0.6) is 0 Å².